The van der Waals surface area contributed by atoms with Crippen LogP contribution in [0.25, 0.3) is 11.1 Å². The fraction of sp³-hybridized carbons (Fsp3) is 0.409. The van der Waals surface area contributed by atoms with Crippen LogP contribution in [0.15, 0.2) is 48.5 Å². The fourth-order valence-corrected chi connectivity index (χ4v) is 3.49. The Hall–Kier alpha value is -2.13. The van der Waals surface area contributed by atoms with Crippen molar-refractivity contribution in [1.29, 1.82) is 0 Å². The average molecular weight is 338 g/mol. The molecule has 0 atom stereocenters. The molecule has 132 valence electrons. The van der Waals surface area contributed by atoms with Gasteiger partial charge in [0, 0.05) is 24.8 Å². The number of benzene rings is 2. The van der Waals surface area contributed by atoms with Crippen LogP contribution in [0.5, 0.6) is 0 Å². The van der Waals surface area contributed by atoms with Crippen LogP contribution in [0.4, 0.5) is 0 Å². The third-order valence-electron chi connectivity index (χ3n) is 4.77. The molecular formula is C22H26O3. The van der Waals surface area contributed by atoms with Crippen molar-refractivity contribution in [1.82, 2.24) is 0 Å². The van der Waals surface area contributed by atoms with Crippen molar-refractivity contribution in [3.8, 4) is 11.1 Å². The van der Waals surface area contributed by atoms with Gasteiger partial charge in [-0.15, -0.1) is 0 Å². The highest BCUT2D eigenvalue weighted by Crippen LogP contribution is 2.52. The SMILES string of the molecule is COCCCC1(OC(=O)C(C)(C)C)c2ccccc2-c2ccccc21. The first-order valence-corrected chi connectivity index (χ1v) is 8.82. The summed E-state index contributed by atoms with van der Waals surface area (Å²) in [6.07, 6.45) is 1.52. The average Bonchev–Trinajstić information content (AvgIpc) is 2.86. The monoisotopic (exact) mass is 338 g/mol. The normalized spacial score (nSPS) is 14.7. The summed E-state index contributed by atoms with van der Waals surface area (Å²) in [6, 6.07) is 16.5. The van der Waals surface area contributed by atoms with Crippen molar-refractivity contribution in [3.63, 3.8) is 0 Å². The molecular weight excluding hydrogens is 312 g/mol. The number of methoxy groups -OCH3 is 1. The second-order valence-electron chi connectivity index (χ2n) is 7.65. The minimum atomic E-state index is -0.740. The molecule has 0 saturated heterocycles. The predicted molar refractivity (Wildman–Crippen MR) is 99.3 cm³/mol. The Balaban J connectivity index is 2.14. The zero-order valence-corrected chi connectivity index (χ0v) is 15.5. The van der Waals surface area contributed by atoms with Crippen molar-refractivity contribution in [2.75, 3.05) is 13.7 Å². The number of hydrogen-bond donors (Lipinski definition) is 0. The standard InChI is InChI=1S/C22H26O3/c1-21(2,3)20(23)25-22(14-9-15-24-4)18-12-7-5-10-16(18)17-11-6-8-13-19(17)22/h5-8,10-13H,9,14-15H2,1-4H3. The molecule has 2 aromatic rings. The lowest BCUT2D eigenvalue weighted by molar-refractivity contribution is -0.167. The van der Waals surface area contributed by atoms with E-state index in [1.807, 2.05) is 45.0 Å². The molecule has 0 aliphatic heterocycles. The van der Waals surface area contributed by atoms with Gasteiger partial charge in [-0.2, -0.15) is 0 Å². The topological polar surface area (TPSA) is 35.5 Å². The van der Waals surface area contributed by atoms with E-state index in [0.29, 0.717) is 13.0 Å². The Morgan fingerprint density at radius 1 is 0.960 bits per heavy atom. The number of carbonyl (C=O) groups excluding carboxylic acids is 1. The molecule has 0 heterocycles. The predicted octanol–water partition coefficient (Wildman–Crippen LogP) is 4.93. The lowest BCUT2D eigenvalue weighted by Crippen LogP contribution is -2.37. The van der Waals surface area contributed by atoms with Crippen LogP contribution in [0, 0.1) is 5.41 Å². The third kappa shape index (κ3) is 3.09. The molecule has 3 nitrogen and oxygen atoms in total. The highest BCUT2D eigenvalue weighted by molar-refractivity contribution is 5.83. The Kier molecular flexibility index (Phi) is 4.70. The van der Waals surface area contributed by atoms with E-state index >= 15 is 0 Å². The summed E-state index contributed by atoms with van der Waals surface area (Å²) in [5.41, 5.74) is 3.15. The number of hydrogen-bond acceptors (Lipinski definition) is 3. The Labute approximate surface area is 150 Å². The highest BCUT2D eigenvalue weighted by atomic mass is 16.6. The van der Waals surface area contributed by atoms with Crippen LogP contribution in [0.1, 0.15) is 44.7 Å². The van der Waals surface area contributed by atoms with Crippen molar-refractivity contribution >= 4 is 5.97 Å². The van der Waals surface area contributed by atoms with E-state index < -0.39 is 11.0 Å². The molecule has 2 aromatic carbocycles. The number of fused-ring (bicyclic) bond motifs is 3. The Morgan fingerprint density at radius 3 is 1.96 bits per heavy atom. The molecule has 1 aliphatic rings. The summed E-state index contributed by atoms with van der Waals surface area (Å²) in [4.78, 5) is 12.8. The summed E-state index contributed by atoms with van der Waals surface area (Å²) >= 11 is 0. The van der Waals surface area contributed by atoms with Crippen molar-refractivity contribution < 1.29 is 14.3 Å². The van der Waals surface area contributed by atoms with E-state index in [9.17, 15) is 4.79 Å². The van der Waals surface area contributed by atoms with Crippen LogP contribution in [-0.2, 0) is 19.9 Å². The minimum absolute atomic E-state index is 0.184. The van der Waals surface area contributed by atoms with E-state index in [-0.39, 0.29) is 5.97 Å². The van der Waals surface area contributed by atoms with Gasteiger partial charge < -0.3 is 9.47 Å². The first-order chi connectivity index (χ1) is 11.9. The van der Waals surface area contributed by atoms with Gasteiger partial charge in [0.15, 0.2) is 5.60 Å². The summed E-state index contributed by atoms with van der Waals surface area (Å²) in [5, 5.41) is 0. The van der Waals surface area contributed by atoms with Gasteiger partial charge in [-0.1, -0.05) is 48.5 Å². The summed E-state index contributed by atoms with van der Waals surface area (Å²) < 4.78 is 11.5. The number of esters is 1. The number of ether oxygens (including phenoxy) is 2. The van der Waals surface area contributed by atoms with Crippen molar-refractivity contribution in [2.45, 2.75) is 39.2 Å². The summed E-state index contributed by atoms with van der Waals surface area (Å²) in [7, 11) is 1.70. The quantitative estimate of drug-likeness (QED) is 0.573. The van der Waals surface area contributed by atoms with Gasteiger partial charge in [0.2, 0.25) is 0 Å². The number of carbonyl (C=O) groups is 1. The van der Waals surface area contributed by atoms with Gasteiger partial charge in [0.1, 0.15) is 0 Å². The second-order valence-corrected chi connectivity index (χ2v) is 7.65. The zero-order chi connectivity index (χ0) is 18.1. The Bertz CT molecular complexity index is 725. The molecule has 0 aromatic heterocycles. The second kappa shape index (κ2) is 6.64. The lowest BCUT2D eigenvalue weighted by atomic mass is 9.85. The van der Waals surface area contributed by atoms with Gasteiger partial charge in [0.25, 0.3) is 0 Å². The van der Waals surface area contributed by atoms with E-state index in [2.05, 4.69) is 24.3 Å². The van der Waals surface area contributed by atoms with E-state index in [1.165, 1.54) is 0 Å². The molecule has 0 fully saturated rings. The van der Waals surface area contributed by atoms with Crippen LogP contribution in [0.3, 0.4) is 0 Å². The molecule has 25 heavy (non-hydrogen) atoms. The Morgan fingerprint density at radius 2 is 1.48 bits per heavy atom. The van der Waals surface area contributed by atoms with Gasteiger partial charge in [0.05, 0.1) is 5.41 Å². The molecule has 0 N–H and O–H groups in total. The van der Waals surface area contributed by atoms with Gasteiger partial charge in [-0.3, -0.25) is 4.79 Å². The minimum Gasteiger partial charge on any atom is -0.449 e. The third-order valence-corrected chi connectivity index (χ3v) is 4.77. The number of rotatable bonds is 5. The maximum atomic E-state index is 12.8. The summed E-state index contributed by atoms with van der Waals surface area (Å²) in [5.74, 6) is -0.184. The van der Waals surface area contributed by atoms with E-state index in [1.54, 1.807) is 7.11 Å². The van der Waals surface area contributed by atoms with Crippen LogP contribution < -0.4 is 0 Å². The largest absolute Gasteiger partial charge is 0.449 e. The molecule has 0 radical (unpaired) electrons. The molecule has 0 saturated carbocycles. The molecule has 0 bridgehead atoms. The molecule has 3 rings (SSSR count). The van der Waals surface area contributed by atoms with Crippen molar-refractivity contribution in [2.24, 2.45) is 5.41 Å². The van der Waals surface area contributed by atoms with Crippen LogP contribution in [-0.4, -0.2) is 19.7 Å². The van der Waals surface area contributed by atoms with Gasteiger partial charge in [-0.05, 0) is 44.7 Å². The van der Waals surface area contributed by atoms with Crippen LogP contribution in [0.2, 0.25) is 0 Å². The maximum absolute atomic E-state index is 12.8. The first-order valence-electron chi connectivity index (χ1n) is 8.82. The first kappa shape index (κ1) is 17.7. The molecule has 0 amide bonds. The molecule has 1 aliphatic carbocycles. The molecule has 0 spiro atoms. The van der Waals surface area contributed by atoms with Crippen LogP contribution >= 0.6 is 0 Å². The summed E-state index contributed by atoms with van der Waals surface area (Å²) in [6.45, 7) is 6.32. The smallest absolute Gasteiger partial charge is 0.312 e. The molecule has 0 unspecified atom stereocenters. The van der Waals surface area contributed by atoms with E-state index in [0.717, 1.165) is 28.7 Å². The van der Waals surface area contributed by atoms with Gasteiger partial charge >= 0.3 is 5.97 Å². The van der Waals surface area contributed by atoms with Gasteiger partial charge in [-0.25, -0.2) is 0 Å². The zero-order valence-electron chi connectivity index (χ0n) is 15.5. The van der Waals surface area contributed by atoms with E-state index in [4.69, 9.17) is 9.47 Å². The van der Waals surface area contributed by atoms with Crippen molar-refractivity contribution in [3.05, 3.63) is 59.7 Å². The highest BCUT2D eigenvalue weighted by Gasteiger charge is 2.47. The molecule has 3 heteroatoms. The maximum Gasteiger partial charge on any atom is 0.312 e. The lowest BCUT2D eigenvalue weighted by Gasteiger charge is -2.34. The fourth-order valence-electron chi connectivity index (χ4n) is 3.49.